The van der Waals surface area contributed by atoms with Crippen LogP contribution in [0.3, 0.4) is 0 Å². The van der Waals surface area contributed by atoms with Gasteiger partial charge in [-0.25, -0.2) is 0 Å². The van der Waals surface area contributed by atoms with Crippen molar-refractivity contribution in [1.29, 1.82) is 0 Å². The predicted octanol–water partition coefficient (Wildman–Crippen LogP) is 2.05. The fourth-order valence-electron chi connectivity index (χ4n) is 2.28. The Balaban J connectivity index is 1.71. The van der Waals surface area contributed by atoms with Crippen molar-refractivity contribution in [1.82, 2.24) is 5.32 Å². The van der Waals surface area contributed by atoms with E-state index in [1.54, 1.807) is 7.11 Å². The Kier molecular flexibility index (Phi) is 4.75. The molecule has 0 aromatic heterocycles. The van der Waals surface area contributed by atoms with Gasteiger partial charge in [0.15, 0.2) is 0 Å². The first-order chi connectivity index (χ1) is 8.78. The SMILES string of the molecule is COCCC1(CNCc2ccc(CN)cc2)CC1. The zero-order valence-electron chi connectivity index (χ0n) is 11.2. The molecule has 100 valence electrons. The van der Waals surface area contributed by atoms with Crippen LogP contribution < -0.4 is 11.1 Å². The van der Waals surface area contributed by atoms with Gasteiger partial charge in [0.05, 0.1) is 0 Å². The lowest BCUT2D eigenvalue weighted by atomic mass is 10.0. The van der Waals surface area contributed by atoms with Crippen LogP contribution in [0.1, 0.15) is 30.4 Å². The summed E-state index contributed by atoms with van der Waals surface area (Å²) < 4.78 is 5.17. The van der Waals surface area contributed by atoms with E-state index in [1.165, 1.54) is 30.4 Å². The molecule has 0 bridgehead atoms. The van der Waals surface area contributed by atoms with Gasteiger partial charge in [0, 0.05) is 33.4 Å². The highest BCUT2D eigenvalue weighted by molar-refractivity contribution is 5.22. The lowest BCUT2D eigenvalue weighted by Gasteiger charge is -2.15. The zero-order valence-corrected chi connectivity index (χ0v) is 11.2. The Hall–Kier alpha value is -0.900. The van der Waals surface area contributed by atoms with E-state index in [4.69, 9.17) is 10.5 Å². The molecule has 3 heteroatoms. The predicted molar refractivity (Wildman–Crippen MR) is 74.2 cm³/mol. The molecule has 1 aliphatic carbocycles. The van der Waals surface area contributed by atoms with E-state index >= 15 is 0 Å². The Morgan fingerprint density at radius 2 is 1.89 bits per heavy atom. The van der Waals surface area contributed by atoms with E-state index in [0.29, 0.717) is 12.0 Å². The molecule has 3 nitrogen and oxygen atoms in total. The van der Waals surface area contributed by atoms with E-state index in [2.05, 4.69) is 29.6 Å². The Morgan fingerprint density at radius 1 is 1.22 bits per heavy atom. The number of nitrogens with two attached hydrogens (primary N) is 1. The summed E-state index contributed by atoms with van der Waals surface area (Å²) in [5, 5.41) is 3.56. The van der Waals surface area contributed by atoms with Crippen LogP contribution in [-0.4, -0.2) is 20.3 Å². The largest absolute Gasteiger partial charge is 0.385 e. The van der Waals surface area contributed by atoms with Gasteiger partial charge < -0.3 is 15.8 Å². The van der Waals surface area contributed by atoms with Crippen molar-refractivity contribution in [2.24, 2.45) is 11.1 Å². The molecule has 0 amide bonds. The molecule has 0 aliphatic heterocycles. The van der Waals surface area contributed by atoms with E-state index in [9.17, 15) is 0 Å². The third kappa shape index (κ3) is 3.80. The first-order valence-electron chi connectivity index (χ1n) is 6.75. The average molecular weight is 248 g/mol. The van der Waals surface area contributed by atoms with E-state index < -0.39 is 0 Å². The fourth-order valence-corrected chi connectivity index (χ4v) is 2.28. The molecule has 2 rings (SSSR count). The van der Waals surface area contributed by atoms with Gasteiger partial charge in [-0.1, -0.05) is 24.3 Å². The summed E-state index contributed by atoms with van der Waals surface area (Å²) >= 11 is 0. The molecule has 0 saturated heterocycles. The Bertz CT molecular complexity index is 357. The summed E-state index contributed by atoms with van der Waals surface area (Å²) in [5.74, 6) is 0. The van der Waals surface area contributed by atoms with E-state index in [-0.39, 0.29) is 0 Å². The number of ether oxygens (including phenoxy) is 1. The van der Waals surface area contributed by atoms with Crippen molar-refractivity contribution in [2.75, 3.05) is 20.3 Å². The molecule has 18 heavy (non-hydrogen) atoms. The second-order valence-corrected chi connectivity index (χ2v) is 5.37. The highest BCUT2D eigenvalue weighted by Gasteiger charge is 2.41. The van der Waals surface area contributed by atoms with Crippen molar-refractivity contribution in [3.63, 3.8) is 0 Å². The van der Waals surface area contributed by atoms with Gasteiger partial charge in [0.1, 0.15) is 0 Å². The number of benzene rings is 1. The van der Waals surface area contributed by atoms with Crippen LogP contribution in [0.2, 0.25) is 0 Å². The second kappa shape index (κ2) is 6.32. The quantitative estimate of drug-likeness (QED) is 0.740. The smallest absolute Gasteiger partial charge is 0.0468 e. The van der Waals surface area contributed by atoms with Gasteiger partial charge in [-0.2, -0.15) is 0 Å². The molecule has 1 aromatic rings. The van der Waals surface area contributed by atoms with Crippen molar-refractivity contribution < 1.29 is 4.74 Å². The lowest BCUT2D eigenvalue weighted by Crippen LogP contribution is -2.24. The van der Waals surface area contributed by atoms with Crippen LogP contribution >= 0.6 is 0 Å². The Morgan fingerprint density at radius 3 is 2.44 bits per heavy atom. The van der Waals surface area contributed by atoms with Crippen molar-refractivity contribution in [2.45, 2.75) is 32.4 Å². The minimum absolute atomic E-state index is 0.521. The van der Waals surface area contributed by atoms with Crippen LogP contribution in [0.4, 0.5) is 0 Å². The van der Waals surface area contributed by atoms with Gasteiger partial charge in [-0.05, 0) is 35.8 Å². The monoisotopic (exact) mass is 248 g/mol. The average Bonchev–Trinajstić information content (AvgIpc) is 3.18. The van der Waals surface area contributed by atoms with Gasteiger partial charge in [-0.15, -0.1) is 0 Å². The summed E-state index contributed by atoms with van der Waals surface area (Å²) in [6, 6.07) is 8.53. The number of methoxy groups -OCH3 is 1. The first-order valence-corrected chi connectivity index (χ1v) is 6.75. The van der Waals surface area contributed by atoms with E-state index in [1.807, 2.05) is 0 Å². The zero-order chi connectivity index (χ0) is 12.8. The molecule has 3 N–H and O–H groups in total. The molecular formula is C15H24N2O. The molecular weight excluding hydrogens is 224 g/mol. The summed E-state index contributed by atoms with van der Waals surface area (Å²) in [6.45, 7) is 3.55. The minimum Gasteiger partial charge on any atom is -0.385 e. The number of rotatable bonds is 8. The first kappa shape index (κ1) is 13.5. The fraction of sp³-hybridized carbons (Fsp3) is 0.600. The van der Waals surface area contributed by atoms with Crippen molar-refractivity contribution in [3.8, 4) is 0 Å². The van der Waals surface area contributed by atoms with Gasteiger partial charge in [-0.3, -0.25) is 0 Å². The molecule has 0 atom stereocenters. The number of nitrogens with one attached hydrogen (secondary N) is 1. The molecule has 1 fully saturated rings. The summed E-state index contributed by atoms with van der Waals surface area (Å²) in [7, 11) is 1.78. The third-order valence-corrected chi connectivity index (χ3v) is 3.88. The van der Waals surface area contributed by atoms with Crippen molar-refractivity contribution in [3.05, 3.63) is 35.4 Å². The van der Waals surface area contributed by atoms with E-state index in [0.717, 1.165) is 19.7 Å². The number of hydrogen-bond acceptors (Lipinski definition) is 3. The van der Waals surface area contributed by atoms with Gasteiger partial charge in [0.2, 0.25) is 0 Å². The summed E-state index contributed by atoms with van der Waals surface area (Å²) in [4.78, 5) is 0. The highest BCUT2D eigenvalue weighted by Crippen LogP contribution is 2.48. The molecule has 0 heterocycles. The molecule has 1 saturated carbocycles. The normalized spacial score (nSPS) is 16.8. The van der Waals surface area contributed by atoms with Crippen LogP contribution in [0.15, 0.2) is 24.3 Å². The van der Waals surface area contributed by atoms with Crippen LogP contribution in [0.5, 0.6) is 0 Å². The second-order valence-electron chi connectivity index (χ2n) is 5.37. The minimum atomic E-state index is 0.521. The maximum atomic E-state index is 5.58. The van der Waals surface area contributed by atoms with Crippen LogP contribution in [0.25, 0.3) is 0 Å². The highest BCUT2D eigenvalue weighted by atomic mass is 16.5. The topological polar surface area (TPSA) is 47.3 Å². The summed E-state index contributed by atoms with van der Waals surface area (Å²) in [6.07, 6.45) is 3.87. The molecule has 0 spiro atoms. The standard InChI is InChI=1S/C15H24N2O/c1-18-9-8-15(6-7-15)12-17-11-14-4-2-13(10-16)3-5-14/h2-5,17H,6-12,16H2,1H3. The molecule has 1 aromatic carbocycles. The van der Waals surface area contributed by atoms with Crippen LogP contribution in [0, 0.1) is 5.41 Å². The molecule has 0 radical (unpaired) electrons. The maximum Gasteiger partial charge on any atom is 0.0468 e. The van der Waals surface area contributed by atoms with Gasteiger partial charge in [0.25, 0.3) is 0 Å². The lowest BCUT2D eigenvalue weighted by molar-refractivity contribution is 0.171. The van der Waals surface area contributed by atoms with Crippen molar-refractivity contribution >= 4 is 0 Å². The van der Waals surface area contributed by atoms with Crippen LogP contribution in [-0.2, 0) is 17.8 Å². The summed E-state index contributed by atoms with van der Waals surface area (Å²) in [5.41, 5.74) is 8.63. The Labute approximate surface area is 110 Å². The molecule has 0 unspecified atom stereocenters. The molecule has 1 aliphatic rings. The third-order valence-electron chi connectivity index (χ3n) is 3.88. The van der Waals surface area contributed by atoms with Gasteiger partial charge >= 0.3 is 0 Å². The number of hydrogen-bond donors (Lipinski definition) is 2. The maximum absolute atomic E-state index is 5.58.